The first-order chi connectivity index (χ1) is 36.8. The molecule has 0 N–H and O–H groups in total. The molecule has 0 aromatic heterocycles. The molecule has 0 heteroatoms. The van der Waals surface area contributed by atoms with Gasteiger partial charge in [0, 0.05) is 4.11 Å². The van der Waals surface area contributed by atoms with Crippen LogP contribution in [-0.2, 0) is 0 Å². The molecule has 0 amide bonds. The van der Waals surface area contributed by atoms with Crippen LogP contribution in [0.1, 0.15) is 26.3 Å². The summed E-state index contributed by atoms with van der Waals surface area (Å²) in [6.45, 7) is 0. The zero-order chi connectivity index (χ0) is 51.0. The highest BCUT2D eigenvalue weighted by Gasteiger charge is 2.20. The van der Waals surface area contributed by atoms with Crippen LogP contribution >= 0.6 is 0 Å². The summed E-state index contributed by atoms with van der Waals surface area (Å²) >= 11 is 0. The number of benzene rings is 14. The Morgan fingerprint density at radius 2 is 0.423 bits per heavy atom. The van der Waals surface area contributed by atoms with Crippen LogP contribution in [0.3, 0.4) is 0 Å². The number of rotatable bonds is 4. The second-order valence-electron chi connectivity index (χ2n) is 17.9. The standard InChI is InChI=1S/2C34H22.3CH4/c2*1-2-12-25-22-26(21-20-23(25)10-1)33-29-15-5-7-17-31(29)34(32-18-8-6-16-30(32)33)28-19-9-13-24-11-3-4-14-27(24)28;;;/h2*1-22H;3*1H4/i;;3*1D. The molecule has 340 valence electrons. The van der Waals surface area contributed by atoms with Gasteiger partial charge < -0.3 is 0 Å². The van der Waals surface area contributed by atoms with Crippen molar-refractivity contribution in [2.24, 2.45) is 0 Å². The van der Waals surface area contributed by atoms with Crippen molar-refractivity contribution in [2.45, 2.75) is 22.2 Å². The molecule has 14 aromatic carbocycles. The van der Waals surface area contributed by atoms with Crippen molar-refractivity contribution in [3.63, 3.8) is 0 Å². The van der Waals surface area contributed by atoms with Crippen molar-refractivity contribution in [3.8, 4) is 44.5 Å². The molecule has 0 unspecified atom stereocenters. The van der Waals surface area contributed by atoms with E-state index in [1.165, 1.54) is 153 Å². The largest absolute Gasteiger partial charge is 0.0776 e. The highest BCUT2D eigenvalue weighted by Crippen LogP contribution is 2.47. The first-order valence-corrected chi connectivity index (χ1v) is 23.6. The Balaban J connectivity index is 0.000000154. The van der Waals surface area contributed by atoms with Crippen LogP contribution < -0.4 is 0 Å². The molecule has 0 fully saturated rings. The van der Waals surface area contributed by atoms with E-state index in [0.29, 0.717) is 0 Å². The van der Waals surface area contributed by atoms with Crippen LogP contribution in [0, 0.1) is 0 Å². The zero-order valence-electron chi connectivity index (χ0n) is 43.4. The molecule has 0 radical (unpaired) electrons. The van der Waals surface area contributed by atoms with Crippen LogP contribution in [0.15, 0.2) is 267 Å². The highest BCUT2D eigenvalue weighted by molar-refractivity contribution is 6.25. The Kier molecular flexibility index (Phi) is 11.5. The molecule has 0 atom stereocenters. The number of hydrogen-bond donors (Lipinski definition) is 0. The summed E-state index contributed by atoms with van der Waals surface area (Å²) in [4.78, 5) is 0. The van der Waals surface area contributed by atoms with Crippen molar-refractivity contribution in [1.82, 2.24) is 0 Å². The minimum atomic E-state index is 1.25. The first kappa shape index (κ1) is 42.3. The molecule has 0 nitrogen and oxygen atoms in total. The average Bonchev–Trinajstić information content (AvgIpc) is 3.50. The average molecular weight is 912 g/mol. The molecule has 14 aromatic rings. The fourth-order valence-electron chi connectivity index (χ4n) is 11.0. The minimum absolute atomic E-state index is 1.25. The molecule has 0 spiro atoms. The third-order valence-corrected chi connectivity index (χ3v) is 14.1. The van der Waals surface area contributed by atoms with Crippen LogP contribution in [-0.4, -0.2) is 0 Å². The van der Waals surface area contributed by atoms with Gasteiger partial charge in [-0.15, -0.1) is 0 Å². The van der Waals surface area contributed by atoms with E-state index >= 15 is 0 Å². The molecular formula is C71H56. The lowest BCUT2D eigenvalue weighted by molar-refractivity contribution is 1.68. The summed E-state index contributed by atoms with van der Waals surface area (Å²) in [5, 5.41) is 20.5. The minimum Gasteiger partial charge on any atom is -0.0776 e. The van der Waals surface area contributed by atoms with Gasteiger partial charge in [-0.3, -0.25) is 0 Å². The predicted molar refractivity (Wildman–Crippen MR) is 315 cm³/mol. The van der Waals surface area contributed by atoms with Gasteiger partial charge in [-0.05, 0) is 143 Å². The Morgan fingerprint density at radius 3 is 0.746 bits per heavy atom. The van der Waals surface area contributed by atoms with Crippen molar-refractivity contribution in [1.29, 1.82) is 0 Å². The second-order valence-corrected chi connectivity index (χ2v) is 17.9. The Morgan fingerprint density at radius 1 is 0.183 bits per heavy atom. The molecule has 0 bridgehead atoms. The molecule has 0 aliphatic carbocycles. The van der Waals surface area contributed by atoms with Crippen molar-refractivity contribution >= 4 is 86.2 Å². The van der Waals surface area contributed by atoms with E-state index < -0.39 is 0 Å². The van der Waals surface area contributed by atoms with Gasteiger partial charge in [-0.1, -0.05) is 277 Å². The number of hydrogen-bond acceptors (Lipinski definition) is 0. The lowest BCUT2D eigenvalue weighted by atomic mass is 9.84. The lowest BCUT2D eigenvalue weighted by Crippen LogP contribution is -1.91. The van der Waals surface area contributed by atoms with Crippen molar-refractivity contribution in [2.75, 3.05) is 0 Å². The Labute approximate surface area is 422 Å². The summed E-state index contributed by atoms with van der Waals surface area (Å²) in [7, 11) is 3.75. The topological polar surface area (TPSA) is 0 Å². The van der Waals surface area contributed by atoms with Crippen molar-refractivity contribution in [3.05, 3.63) is 267 Å². The van der Waals surface area contributed by atoms with Gasteiger partial charge in [0.2, 0.25) is 0 Å². The zero-order valence-corrected chi connectivity index (χ0v) is 40.4. The van der Waals surface area contributed by atoms with Gasteiger partial charge in [0.05, 0.1) is 0 Å². The Hall–Kier alpha value is -8.84. The fraction of sp³-hybridized carbons (Fsp3) is 0.0423. The van der Waals surface area contributed by atoms with Gasteiger partial charge in [-0.25, -0.2) is 0 Å². The van der Waals surface area contributed by atoms with E-state index in [1.807, 2.05) is 0 Å². The van der Waals surface area contributed by atoms with E-state index in [2.05, 4.69) is 267 Å². The third-order valence-electron chi connectivity index (χ3n) is 14.1. The van der Waals surface area contributed by atoms with E-state index in [-0.39, 0.29) is 0 Å². The van der Waals surface area contributed by atoms with Gasteiger partial charge in [-0.2, -0.15) is 0 Å². The van der Waals surface area contributed by atoms with Crippen LogP contribution in [0.2, 0.25) is 0 Å². The molecule has 0 aliphatic rings. The predicted octanol–water partition coefficient (Wildman–Crippen LogP) is 21.2. The third kappa shape index (κ3) is 7.85. The maximum atomic E-state index is 5.75. The molecular weight excluding hydrogens is 853 g/mol. The highest BCUT2D eigenvalue weighted by atomic mass is 14.2. The second kappa shape index (κ2) is 19.3. The van der Waals surface area contributed by atoms with Gasteiger partial charge in [0.15, 0.2) is 0 Å². The monoisotopic (exact) mass is 911 g/mol. The van der Waals surface area contributed by atoms with Gasteiger partial charge >= 0.3 is 0 Å². The molecule has 0 saturated carbocycles. The quantitative estimate of drug-likeness (QED) is 0.154. The first-order valence-electron chi connectivity index (χ1n) is 26.6. The number of fused-ring (bicyclic) bond motifs is 8. The molecule has 0 heterocycles. The fourth-order valence-corrected chi connectivity index (χ4v) is 11.0. The van der Waals surface area contributed by atoms with Crippen molar-refractivity contribution < 1.29 is 4.11 Å². The summed E-state index contributed by atoms with van der Waals surface area (Å²) in [6.07, 6.45) is 0. The van der Waals surface area contributed by atoms with Gasteiger partial charge in [0.1, 0.15) is 0 Å². The Bertz CT molecular complexity index is 3880. The molecule has 71 heavy (non-hydrogen) atoms. The summed E-state index contributed by atoms with van der Waals surface area (Å²) in [5.74, 6) is 0. The summed E-state index contributed by atoms with van der Waals surface area (Å²) in [5.41, 5.74) is 10.3. The van der Waals surface area contributed by atoms with E-state index in [1.54, 1.807) is 0 Å². The smallest absolute Gasteiger partial charge is 0.0194 e. The van der Waals surface area contributed by atoms with Crippen LogP contribution in [0.25, 0.3) is 131 Å². The van der Waals surface area contributed by atoms with E-state index in [0.717, 1.165) is 0 Å². The van der Waals surface area contributed by atoms with Crippen LogP contribution in [0.4, 0.5) is 0 Å². The van der Waals surface area contributed by atoms with E-state index in [9.17, 15) is 0 Å². The normalized spacial score (nSPS) is 11.3. The maximum Gasteiger partial charge on any atom is 0.0194 e. The lowest BCUT2D eigenvalue weighted by Gasteiger charge is -2.19. The summed E-state index contributed by atoms with van der Waals surface area (Å²) < 4.78 is 17.2. The molecule has 14 rings (SSSR count). The SMILES string of the molecule is [2H]C.[2H]C.[2H]C.c1ccc2cc(-c3c4ccccc4c(-c4cccc5ccccc45)c4ccccc34)ccc2c1.c1ccc2cc(-c3c4ccccc4c(-c4cccc5ccccc45)c4ccccc34)ccc2c1. The summed E-state index contributed by atoms with van der Waals surface area (Å²) in [6, 6.07) is 97.1. The van der Waals surface area contributed by atoms with Gasteiger partial charge in [0.25, 0.3) is 0 Å². The van der Waals surface area contributed by atoms with E-state index in [4.69, 9.17) is 4.11 Å². The maximum absolute atomic E-state index is 5.75. The molecule has 0 saturated heterocycles. The van der Waals surface area contributed by atoms with Crippen LogP contribution in [0.5, 0.6) is 0 Å². The molecule has 0 aliphatic heterocycles.